The summed E-state index contributed by atoms with van der Waals surface area (Å²) in [4.78, 5) is 19.8. The minimum atomic E-state index is -3.53. The maximum atomic E-state index is 12.8. The Morgan fingerprint density at radius 2 is 1.83 bits per heavy atom. The van der Waals surface area contributed by atoms with E-state index in [1.165, 1.54) is 35.5 Å². The second-order valence-corrected chi connectivity index (χ2v) is 11.7. The molecule has 1 saturated carbocycles. The topological polar surface area (TPSA) is 79.4 Å². The molecule has 1 aliphatic carbocycles. The molecular formula is C20H27N3O3S3. The standard InChI is InChI=1S/C20H27N3O3S3/c1-14-18(20(24)23-10-6-7-11-23)28-19(21-14)15-12-17(27-13-15)29(25,26)22-16-8-4-2-3-5-9-16/h12-13,16,22H,2-11H2,1H3. The van der Waals surface area contributed by atoms with Gasteiger partial charge in [-0.1, -0.05) is 25.7 Å². The van der Waals surface area contributed by atoms with Crippen LogP contribution in [-0.2, 0) is 10.0 Å². The predicted octanol–water partition coefficient (Wildman–Crippen LogP) is 4.42. The van der Waals surface area contributed by atoms with Crippen molar-refractivity contribution in [2.24, 2.45) is 0 Å². The summed E-state index contributed by atoms with van der Waals surface area (Å²) in [6.45, 7) is 3.46. The Bertz CT molecular complexity index is 966. The van der Waals surface area contributed by atoms with Gasteiger partial charge in [0.05, 0.1) is 5.69 Å². The molecule has 1 aliphatic heterocycles. The molecule has 0 aromatic carbocycles. The van der Waals surface area contributed by atoms with E-state index < -0.39 is 10.0 Å². The zero-order chi connectivity index (χ0) is 20.4. The average Bonchev–Trinajstić information content (AvgIpc) is 3.41. The van der Waals surface area contributed by atoms with Crippen molar-refractivity contribution in [2.75, 3.05) is 13.1 Å². The molecule has 0 radical (unpaired) electrons. The van der Waals surface area contributed by atoms with Gasteiger partial charge in [-0.15, -0.1) is 22.7 Å². The van der Waals surface area contributed by atoms with Crippen molar-refractivity contribution in [3.63, 3.8) is 0 Å². The first-order chi connectivity index (χ1) is 13.9. The molecule has 2 aromatic heterocycles. The highest BCUT2D eigenvalue weighted by Crippen LogP contribution is 2.34. The Kier molecular flexibility index (Phi) is 6.38. The minimum absolute atomic E-state index is 0.0276. The number of sulfonamides is 1. The van der Waals surface area contributed by atoms with Crippen molar-refractivity contribution in [3.05, 3.63) is 22.0 Å². The van der Waals surface area contributed by atoms with Crippen molar-refractivity contribution in [3.8, 4) is 10.6 Å². The molecule has 2 aromatic rings. The van der Waals surface area contributed by atoms with E-state index in [1.807, 2.05) is 17.2 Å². The van der Waals surface area contributed by atoms with Crippen molar-refractivity contribution in [1.82, 2.24) is 14.6 Å². The van der Waals surface area contributed by atoms with E-state index in [4.69, 9.17) is 0 Å². The molecule has 2 aliphatic rings. The van der Waals surface area contributed by atoms with Gasteiger partial charge in [0.1, 0.15) is 14.1 Å². The number of nitrogens with zero attached hydrogens (tertiary/aromatic N) is 2. The van der Waals surface area contributed by atoms with Gasteiger partial charge in [-0.05, 0) is 38.7 Å². The third-order valence-corrected chi connectivity index (χ3v) is 9.80. The quantitative estimate of drug-likeness (QED) is 0.680. The van der Waals surface area contributed by atoms with Crippen LogP contribution in [0, 0.1) is 6.92 Å². The van der Waals surface area contributed by atoms with Crippen LogP contribution in [0.2, 0.25) is 0 Å². The lowest BCUT2D eigenvalue weighted by molar-refractivity contribution is 0.0796. The predicted molar refractivity (Wildman–Crippen MR) is 117 cm³/mol. The maximum absolute atomic E-state index is 12.8. The van der Waals surface area contributed by atoms with E-state index in [-0.39, 0.29) is 11.9 Å². The van der Waals surface area contributed by atoms with Gasteiger partial charge in [0.25, 0.3) is 5.91 Å². The smallest absolute Gasteiger partial charge is 0.265 e. The van der Waals surface area contributed by atoms with E-state index in [0.717, 1.165) is 57.2 Å². The van der Waals surface area contributed by atoms with Gasteiger partial charge >= 0.3 is 0 Å². The van der Waals surface area contributed by atoms with Crippen LogP contribution in [0.15, 0.2) is 15.7 Å². The van der Waals surface area contributed by atoms with Crippen LogP contribution in [0.25, 0.3) is 10.6 Å². The van der Waals surface area contributed by atoms with Gasteiger partial charge in [0.2, 0.25) is 10.0 Å². The number of carbonyl (C=O) groups excluding carboxylic acids is 1. The summed E-state index contributed by atoms with van der Waals surface area (Å²) in [5, 5.41) is 2.53. The van der Waals surface area contributed by atoms with Gasteiger partial charge in [-0.2, -0.15) is 0 Å². The highest BCUT2D eigenvalue weighted by atomic mass is 32.2. The van der Waals surface area contributed by atoms with Gasteiger partial charge in [0.15, 0.2) is 0 Å². The van der Waals surface area contributed by atoms with Crippen LogP contribution in [0.4, 0.5) is 0 Å². The van der Waals surface area contributed by atoms with Crippen LogP contribution in [0.5, 0.6) is 0 Å². The van der Waals surface area contributed by atoms with E-state index in [2.05, 4.69) is 9.71 Å². The Morgan fingerprint density at radius 3 is 2.52 bits per heavy atom. The Labute approximate surface area is 180 Å². The van der Waals surface area contributed by atoms with Crippen molar-refractivity contribution >= 4 is 38.6 Å². The molecule has 1 N–H and O–H groups in total. The summed E-state index contributed by atoms with van der Waals surface area (Å²) in [6.07, 6.45) is 8.44. The lowest BCUT2D eigenvalue weighted by atomic mass is 10.1. The Balaban J connectivity index is 1.51. The second kappa shape index (κ2) is 8.83. The van der Waals surface area contributed by atoms with Crippen LogP contribution < -0.4 is 4.72 Å². The Hall–Kier alpha value is -1.29. The molecule has 158 valence electrons. The molecule has 9 heteroatoms. The number of hydrogen-bond acceptors (Lipinski definition) is 6. The van der Waals surface area contributed by atoms with E-state index in [1.54, 1.807) is 6.07 Å². The van der Waals surface area contributed by atoms with Crippen LogP contribution >= 0.6 is 22.7 Å². The molecule has 4 rings (SSSR count). The molecule has 3 heterocycles. The fourth-order valence-electron chi connectivity index (χ4n) is 4.03. The first-order valence-electron chi connectivity index (χ1n) is 10.3. The number of carbonyl (C=O) groups is 1. The molecule has 29 heavy (non-hydrogen) atoms. The van der Waals surface area contributed by atoms with Crippen molar-refractivity contribution < 1.29 is 13.2 Å². The van der Waals surface area contributed by atoms with Crippen LogP contribution in [-0.4, -0.2) is 43.3 Å². The number of hydrogen-bond donors (Lipinski definition) is 1. The number of thiazole rings is 1. The first-order valence-corrected chi connectivity index (χ1v) is 13.5. The Morgan fingerprint density at radius 1 is 1.14 bits per heavy atom. The lowest BCUT2D eigenvalue weighted by Gasteiger charge is -2.15. The van der Waals surface area contributed by atoms with E-state index in [0.29, 0.717) is 19.8 Å². The number of nitrogens with one attached hydrogen (secondary N) is 1. The number of aryl methyl sites for hydroxylation is 1. The zero-order valence-electron chi connectivity index (χ0n) is 16.6. The van der Waals surface area contributed by atoms with Gasteiger partial charge in [-0.25, -0.2) is 18.1 Å². The largest absolute Gasteiger partial charge is 0.338 e. The number of aromatic nitrogens is 1. The third kappa shape index (κ3) is 4.73. The fraction of sp³-hybridized carbons (Fsp3) is 0.600. The maximum Gasteiger partial charge on any atom is 0.265 e. The highest BCUT2D eigenvalue weighted by Gasteiger charge is 2.26. The summed E-state index contributed by atoms with van der Waals surface area (Å²) in [5.74, 6) is 0.0434. The number of likely N-dealkylation sites (tertiary alicyclic amines) is 1. The molecule has 1 saturated heterocycles. The normalized spacial score (nSPS) is 18.9. The zero-order valence-corrected chi connectivity index (χ0v) is 19.1. The van der Waals surface area contributed by atoms with Gasteiger partial charge in [-0.3, -0.25) is 4.79 Å². The molecule has 1 amide bonds. The molecule has 0 unspecified atom stereocenters. The van der Waals surface area contributed by atoms with Crippen LogP contribution in [0.3, 0.4) is 0 Å². The lowest BCUT2D eigenvalue weighted by Crippen LogP contribution is -2.33. The summed E-state index contributed by atoms with van der Waals surface area (Å²) >= 11 is 2.57. The summed E-state index contributed by atoms with van der Waals surface area (Å²) in [7, 11) is -3.53. The fourth-order valence-corrected chi connectivity index (χ4v) is 7.61. The molecule has 0 bridgehead atoms. The van der Waals surface area contributed by atoms with Gasteiger partial charge < -0.3 is 4.90 Å². The number of thiophene rings is 1. The second-order valence-electron chi connectivity index (χ2n) is 7.90. The van der Waals surface area contributed by atoms with E-state index >= 15 is 0 Å². The van der Waals surface area contributed by atoms with Crippen molar-refractivity contribution in [2.45, 2.75) is 68.5 Å². The molecule has 0 atom stereocenters. The molecule has 6 nitrogen and oxygen atoms in total. The van der Waals surface area contributed by atoms with Crippen molar-refractivity contribution in [1.29, 1.82) is 0 Å². The average molecular weight is 454 g/mol. The summed E-state index contributed by atoms with van der Waals surface area (Å²) in [6, 6.07) is 1.71. The third-order valence-electron chi connectivity index (χ3n) is 5.65. The highest BCUT2D eigenvalue weighted by molar-refractivity contribution is 7.91. The summed E-state index contributed by atoms with van der Waals surface area (Å²) in [5.41, 5.74) is 1.49. The number of rotatable bonds is 5. The first kappa shape index (κ1) is 21.0. The monoisotopic (exact) mass is 453 g/mol. The summed E-state index contributed by atoms with van der Waals surface area (Å²) < 4.78 is 28.9. The van der Waals surface area contributed by atoms with Crippen LogP contribution in [0.1, 0.15) is 66.7 Å². The van der Waals surface area contributed by atoms with E-state index in [9.17, 15) is 13.2 Å². The minimum Gasteiger partial charge on any atom is -0.338 e. The number of amides is 1. The molecule has 0 spiro atoms. The molecule has 2 fully saturated rings. The van der Waals surface area contributed by atoms with Gasteiger partial charge in [0, 0.05) is 30.1 Å². The molecular weight excluding hydrogens is 426 g/mol. The SMILES string of the molecule is Cc1nc(-c2csc(S(=O)(=O)NC3CCCCCC3)c2)sc1C(=O)N1CCCC1.